The van der Waals surface area contributed by atoms with Crippen LogP contribution in [0.15, 0.2) is 84.2 Å². The molecule has 8 heteroatoms. The van der Waals surface area contributed by atoms with E-state index in [1.807, 2.05) is 48.0 Å². The van der Waals surface area contributed by atoms with Gasteiger partial charge >= 0.3 is 0 Å². The lowest BCUT2D eigenvalue weighted by atomic mass is 9.83. The van der Waals surface area contributed by atoms with Gasteiger partial charge in [0, 0.05) is 35.6 Å². The summed E-state index contributed by atoms with van der Waals surface area (Å²) in [5, 5.41) is 2.03. The molecule has 0 spiro atoms. The quantitative estimate of drug-likeness (QED) is 0.389. The Balaban J connectivity index is 1.84. The van der Waals surface area contributed by atoms with Crippen LogP contribution in [0.2, 0.25) is 10.0 Å². The number of nitrogens with two attached hydrogens (primary N) is 1. The van der Waals surface area contributed by atoms with Crippen LogP contribution in [0, 0.1) is 0 Å². The molecule has 1 unspecified atom stereocenters. The first-order valence-corrected chi connectivity index (χ1v) is 11.3. The molecule has 5 aromatic rings. The number of aryl methyl sites for hydroxylation is 2. The van der Waals surface area contributed by atoms with E-state index in [0.29, 0.717) is 21.3 Å². The van der Waals surface area contributed by atoms with Crippen molar-refractivity contribution in [2.45, 2.75) is 5.54 Å². The number of hydrogen-bond acceptors (Lipinski definition) is 4. The molecule has 0 bridgehead atoms. The van der Waals surface area contributed by atoms with Crippen molar-refractivity contribution >= 4 is 34.1 Å². The molecular weight excluding hydrogens is 469 g/mol. The number of imidazole rings is 1. The van der Waals surface area contributed by atoms with Crippen LogP contribution in [0.1, 0.15) is 17.0 Å². The second kappa shape index (κ2) is 8.40. The summed E-state index contributed by atoms with van der Waals surface area (Å²) < 4.78 is 3.45. The largest absolute Gasteiger partial charge is 0.335 e. The topological polar surface area (TPSA) is 78.7 Å². The van der Waals surface area contributed by atoms with Crippen molar-refractivity contribution in [1.82, 2.24) is 19.1 Å². The van der Waals surface area contributed by atoms with Gasteiger partial charge in [-0.1, -0.05) is 47.5 Å². The van der Waals surface area contributed by atoms with Crippen LogP contribution < -0.4 is 11.3 Å². The molecule has 3 aromatic heterocycles. The molecule has 2 aromatic carbocycles. The van der Waals surface area contributed by atoms with Gasteiger partial charge < -0.3 is 14.9 Å². The third kappa shape index (κ3) is 3.60. The second-order valence-electron chi connectivity index (χ2n) is 8.26. The summed E-state index contributed by atoms with van der Waals surface area (Å²) in [4.78, 5) is 21.8. The summed E-state index contributed by atoms with van der Waals surface area (Å²) in [5.41, 5.74) is 10.4. The molecule has 0 fully saturated rings. The Morgan fingerprint density at radius 1 is 0.941 bits per heavy atom. The molecule has 0 saturated carbocycles. The average molecular weight is 490 g/mol. The highest BCUT2D eigenvalue weighted by Crippen LogP contribution is 2.36. The third-order valence-electron chi connectivity index (χ3n) is 6.19. The van der Waals surface area contributed by atoms with Gasteiger partial charge in [0.1, 0.15) is 5.54 Å². The molecular formula is C26H21Cl2N5O. The number of halogens is 2. The van der Waals surface area contributed by atoms with Crippen molar-refractivity contribution in [1.29, 1.82) is 0 Å². The summed E-state index contributed by atoms with van der Waals surface area (Å²) in [5.74, 6) is 0. The first-order valence-electron chi connectivity index (χ1n) is 10.6. The maximum absolute atomic E-state index is 12.7. The molecule has 170 valence electrons. The van der Waals surface area contributed by atoms with Gasteiger partial charge in [-0.25, -0.2) is 4.98 Å². The number of rotatable bonds is 4. The number of hydrogen-bond donors (Lipinski definition) is 1. The second-order valence-corrected chi connectivity index (χ2v) is 9.13. The number of nitrogens with zero attached hydrogens (tertiary/aromatic N) is 4. The fourth-order valence-electron chi connectivity index (χ4n) is 4.34. The molecule has 0 aliphatic rings. The van der Waals surface area contributed by atoms with E-state index in [9.17, 15) is 4.79 Å². The van der Waals surface area contributed by atoms with E-state index >= 15 is 0 Å². The molecule has 0 aliphatic carbocycles. The number of pyridine rings is 2. The summed E-state index contributed by atoms with van der Waals surface area (Å²) in [6, 6.07) is 18.4. The molecule has 6 nitrogen and oxygen atoms in total. The molecule has 0 amide bonds. The summed E-state index contributed by atoms with van der Waals surface area (Å²) in [6.45, 7) is 0. The van der Waals surface area contributed by atoms with Crippen LogP contribution in [-0.4, -0.2) is 19.1 Å². The van der Waals surface area contributed by atoms with E-state index in [4.69, 9.17) is 33.9 Å². The first kappa shape index (κ1) is 22.3. The van der Waals surface area contributed by atoms with Gasteiger partial charge in [0.2, 0.25) is 0 Å². The van der Waals surface area contributed by atoms with Crippen molar-refractivity contribution in [2.24, 2.45) is 19.8 Å². The van der Waals surface area contributed by atoms with Crippen LogP contribution in [-0.2, 0) is 19.6 Å². The molecule has 5 rings (SSSR count). The van der Waals surface area contributed by atoms with E-state index in [1.165, 1.54) is 0 Å². The molecule has 0 radical (unpaired) electrons. The highest BCUT2D eigenvalue weighted by Gasteiger charge is 2.36. The van der Waals surface area contributed by atoms with Crippen molar-refractivity contribution in [3.8, 4) is 11.1 Å². The van der Waals surface area contributed by atoms with Crippen LogP contribution in [0.25, 0.3) is 22.0 Å². The Morgan fingerprint density at radius 2 is 1.71 bits per heavy atom. The van der Waals surface area contributed by atoms with Crippen LogP contribution in [0.5, 0.6) is 0 Å². The SMILES string of the molecule is Cn1cncc1C(N)(c1ccc(Cl)cc1)c1cc2c(-c3cccc(Cl)c3)cc(=O)n(C)c2cn1. The standard InChI is InChI=1S/C26H21Cl2N5O/c1-32-15-30-14-24(32)26(29,17-6-8-18(27)9-7-17)23-11-21-20(16-4-3-5-19(28)10-16)12-25(34)33(2)22(21)13-31-23/h3-15H,29H2,1-2H3. The number of benzene rings is 2. The first-order chi connectivity index (χ1) is 16.3. The molecule has 3 heterocycles. The molecule has 2 N–H and O–H groups in total. The van der Waals surface area contributed by atoms with Crippen molar-refractivity contribution < 1.29 is 0 Å². The summed E-state index contributed by atoms with van der Waals surface area (Å²) >= 11 is 12.4. The van der Waals surface area contributed by atoms with Gasteiger partial charge in [-0.15, -0.1) is 0 Å². The van der Waals surface area contributed by atoms with Crippen molar-refractivity contribution in [3.05, 3.63) is 117 Å². The normalized spacial score (nSPS) is 13.2. The van der Waals surface area contributed by atoms with Gasteiger partial charge in [-0.05, 0) is 47.0 Å². The Bertz CT molecular complexity index is 1590. The maximum atomic E-state index is 12.7. The zero-order chi connectivity index (χ0) is 24.0. The van der Waals surface area contributed by atoms with E-state index < -0.39 is 5.54 Å². The van der Waals surface area contributed by atoms with Gasteiger partial charge in [0.25, 0.3) is 5.56 Å². The number of aromatic nitrogens is 4. The average Bonchev–Trinajstić information content (AvgIpc) is 3.27. The monoisotopic (exact) mass is 489 g/mol. The zero-order valence-electron chi connectivity index (χ0n) is 18.5. The summed E-state index contributed by atoms with van der Waals surface area (Å²) in [6.07, 6.45) is 5.13. The predicted molar refractivity (Wildman–Crippen MR) is 136 cm³/mol. The van der Waals surface area contributed by atoms with E-state index in [0.717, 1.165) is 27.8 Å². The molecule has 0 saturated heterocycles. The van der Waals surface area contributed by atoms with E-state index in [1.54, 1.807) is 54.6 Å². The minimum Gasteiger partial charge on any atom is -0.335 e. The zero-order valence-corrected chi connectivity index (χ0v) is 20.0. The lowest BCUT2D eigenvalue weighted by Gasteiger charge is -2.30. The Hall–Kier alpha value is -3.45. The molecule has 1 atom stereocenters. The Labute approximate surface area is 206 Å². The fourth-order valence-corrected chi connectivity index (χ4v) is 4.65. The van der Waals surface area contributed by atoms with E-state index in [-0.39, 0.29) is 5.56 Å². The highest BCUT2D eigenvalue weighted by molar-refractivity contribution is 6.31. The van der Waals surface area contributed by atoms with E-state index in [2.05, 4.69) is 4.98 Å². The van der Waals surface area contributed by atoms with Gasteiger partial charge in [-0.3, -0.25) is 9.78 Å². The lowest BCUT2D eigenvalue weighted by molar-refractivity contribution is 0.579. The van der Waals surface area contributed by atoms with Gasteiger partial charge in [-0.2, -0.15) is 0 Å². The smallest absolute Gasteiger partial charge is 0.251 e. The maximum Gasteiger partial charge on any atom is 0.251 e. The fraction of sp³-hybridized carbons (Fsp3) is 0.115. The lowest BCUT2D eigenvalue weighted by Crippen LogP contribution is -2.41. The van der Waals surface area contributed by atoms with Crippen molar-refractivity contribution in [3.63, 3.8) is 0 Å². The van der Waals surface area contributed by atoms with Crippen LogP contribution >= 0.6 is 23.2 Å². The minimum atomic E-state index is -1.12. The number of fused-ring (bicyclic) bond motifs is 1. The summed E-state index contributed by atoms with van der Waals surface area (Å²) in [7, 11) is 3.62. The van der Waals surface area contributed by atoms with Crippen LogP contribution in [0.3, 0.4) is 0 Å². The highest BCUT2D eigenvalue weighted by atomic mass is 35.5. The minimum absolute atomic E-state index is 0.139. The molecule has 34 heavy (non-hydrogen) atoms. The Morgan fingerprint density at radius 3 is 2.38 bits per heavy atom. The predicted octanol–water partition coefficient (Wildman–Crippen LogP) is 4.89. The van der Waals surface area contributed by atoms with Gasteiger partial charge in [0.05, 0.1) is 35.6 Å². The third-order valence-corrected chi connectivity index (χ3v) is 6.68. The Kier molecular flexibility index (Phi) is 5.52. The van der Waals surface area contributed by atoms with Crippen LogP contribution in [0.4, 0.5) is 0 Å². The van der Waals surface area contributed by atoms with Gasteiger partial charge in [0.15, 0.2) is 0 Å². The van der Waals surface area contributed by atoms with Crippen molar-refractivity contribution in [2.75, 3.05) is 0 Å². The molecule has 0 aliphatic heterocycles.